The zero-order valence-corrected chi connectivity index (χ0v) is 17.9. The van der Waals surface area contributed by atoms with Crippen LogP contribution in [-0.2, 0) is 17.5 Å². The number of nitrogens with two attached hydrogens (primary N) is 1. The molecule has 32 heavy (non-hydrogen) atoms. The lowest BCUT2D eigenvalue weighted by atomic mass is 10.2. The van der Waals surface area contributed by atoms with Gasteiger partial charge in [0.25, 0.3) is 5.91 Å². The van der Waals surface area contributed by atoms with Crippen LogP contribution in [0.2, 0.25) is 0 Å². The second-order valence-electron chi connectivity index (χ2n) is 7.73. The number of alkyl carbamates (subject to hydrolysis) is 1. The molecule has 174 valence electrons. The highest BCUT2D eigenvalue weighted by Gasteiger charge is 2.33. The maximum atomic E-state index is 13.3. The molecule has 0 spiro atoms. The van der Waals surface area contributed by atoms with E-state index in [0.717, 1.165) is 6.07 Å². The predicted molar refractivity (Wildman–Crippen MR) is 110 cm³/mol. The molecule has 0 bridgehead atoms. The van der Waals surface area contributed by atoms with E-state index in [2.05, 4.69) is 15.6 Å². The first-order valence-corrected chi connectivity index (χ1v) is 9.68. The van der Waals surface area contributed by atoms with Crippen molar-refractivity contribution in [3.63, 3.8) is 0 Å². The number of rotatable bonds is 7. The van der Waals surface area contributed by atoms with E-state index in [1.54, 1.807) is 20.8 Å². The summed E-state index contributed by atoms with van der Waals surface area (Å²) in [5.74, 6) is -0.635. The van der Waals surface area contributed by atoms with E-state index in [9.17, 15) is 22.8 Å². The third-order valence-corrected chi connectivity index (χ3v) is 3.74. The quantitative estimate of drug-likeness (QED) is 0.589. The van der Waals surface area contributed by atoms with E-state index < -0.39 is 29.5 Å². The summed E-state index contributed by atoms with van der Waals surface area (Å²) in [4.78, 5) is 27.4. The Bertz CT molecular complexity index is 959. The summed E-state index contributed by atoms with van der Waals surface area (Å²) in [6.45, 7) is 5.28. The number of halogens is 3. The van der Waals surface area contributed by atoms with Crippen LogP contribution in [0.25, 0.3) is 0 Å². The monoisotopic (exact) mass is 454 g/mol. The molecule has 1 heterocycles. The van der Waals surface area contributed by atoms with Gasteiger partial charge >= 0.3 is 12.3 Å². The second kappa shape index (κ2) is 10.3. The topological polar surface area (TPSA) is 116 Å². The number of ether oxygens (including phenoxy) is 2. The number of nitrogens with one attached hydrogen (secondary N) is 2. The van der Waals surface area contributed by atoms with E-state index in [4.69, 9.17) is 15.2 Å². The Morgan fingerprint density at radius 3 is 2.44 bits per heavy atom. The number of hydrogen-bond donors (Lipinski definition) is 3. The third kappa shape index (κ3) is 8.06. The fourth-order valence-electron chi connectivity index (χ4n) is 2.46. The summed E-state index contributed by atoms with van der Waals surface area (Å²) in [5, 5.41) is 4.98. The Kier molecular flexibility index (Phi) is 8.03. The van der Waals surface area contributed by atoms with Gasteiger partial charge in [-0.25, -0.2) is 9.78 Å². The van der Waals surface area contributed by atoms with Crippen molar-refractivity contribution in [3.8, 4) is 11.6 Å². The van der Waals surface area contributed by atoms with Crippen molar-refractivity contribution in [2.75, 3.05) is 13.1 Å². The summed E-state index contributed by atoms with van der Waals surface area (Å²) < 4.78 is 50.5. The van der Waals surface area contributed by atoms with E-state index in [1.165, 1.54) is 30.3 Å². The fraction of sp³-hybridized carbons (Fsp3) is 0.381. The minimum atomic E-state index is -4.73. The fourth-order valence-corrected chi connectivity index (χ4v) is 2.46. The molecule has 0 aliphatic rings. The van der Waals surface area contributed by atoms with Crippen molar-refractivity contribution < 1.29 is 32.2 Å². The molecule has 1 aromatic heterocycles. The molecule has 0 atom stereocenters. The van der Waals surface area contributed by atoms with Crippen LogP contribution in [0.4, 0.5) is 18.0 Å². The van der Waals surface area contributed by atoms with E-state index in [0.29, 0.717) is 0 Å². The van der Waals surface area contributed by atoms with Gasteiger partial charge in [0.1, 0.15) is 17.0 Å². The van der Waals surface area contributed by atoms with Crippen LogP contribution in [0.15, 0.2) is 36.4 Å². The zero-order valence-electron chi connectivity index (χ0n) is 17.9. The van der Waals surface area contributed by atoms with Gasteiger partial charge < -0.3 is 25.8 Å². The summed E-state index contributed by atoms with van der Waals surface area (Å²) in [6, 6.07) is 7.95. The Labute approximate surface area is 183 Å². The first-order chi connectivity index (χ1) is 14.9. The van der Waals surface area contributed by atoms with Crippen LogP contribution in [0.3, 0.4) is 0 Å². The molecule has 2 amide bonds. The molecule has 1 aromatic carbocycles. The number of hydrogen-bond acceptors (Lipinski definition) is 6. The molecule has 8 nitrogen and oxygen atoms in total. The van der Waals surface area contributed by atoms with Crippen LogP contribution in [-0.4, -0.2) is 35.7 Å². The van der Waals surface area contributed by atoms with E-state index in [-0.39, 0.29) is 42.4 Å². The lowest BCUT2D eigenvalue weighted by Crippen LogP contribution is -2.32. The number of amides is 2. The molecule has 0 radical (unpaired) electrons. The molecule has 4 N–H and O–H groups in total. The number of carbonyl (C=O) groups excluding carboxylic acids is 2. The summed E-state index contributed by atoms with van der Waals surface area (Å²) >= 11 is 0. The molecule has 11 heteroatoms. The van der Waals surface area contributed by atoms with Gasteiger partial charge in [0.2, 0.25) is 5.88 Å². The molecule has 0 saturated heterocycles. The maximum absolute atomic E-state index is 13.3. The van der Waals surface area contributed by atoms with Gasteiger partial charge in [-0.1, -0.05) is 6.07 Å². The molecular formula is C21H25F3N4O4. The van der Waals surface area contributed by atoms with Crippen molar-refractivity contribution in [1.29, 1.82) is 0 Å². The summed E-state index contributed by atoms with van der Waals surface area (Å²) in [5.41, 5.74) is 3.76. The average Bonchev–Trinajstić information content (AvgIpc) is 2.68. The Hall–Kier alpha value is -3.34. The van der Waals surface area contributed by atoms with Gasteiger partial charge in [-0.05, 0) is 50.6 Å². The number of carbonyl (C=O) groups is 2. The summed E-state index contributed by atoms with van der Waals surface area (Å²) in [6.07, 6.45) is -5.51. The highest BCUT2D eigenvalue weighted by molar-refractivity contribution is 5.94. The largest absolute Gasteiger partial charge is 0.444 e. The van der Waals surface area contributed by atoms with Gasteiger partial charge in [0, 0.05) is 31.3 Å². The Morgan fingerprint density at radius 2 is 1.81 bits per heavy atom. The molecule has 0 aliphatic carbocycles. The smallest absolute Gasteiger partial charge is 0.433 e. The van der Waals surface area contributed by atoms with E-state index >= 15 is 0 Å². The SMILES string of the molecule is CC(C)(C)OC(=O)NCc1cc(Oc2cccc(C(=O)NCCN)c2)nc(C(F)(F)F)c1. The van der Waals surface area contributed by atoms with E-state index in [1.807, 2.05) is 0 Å². The van der Waals surface area contributed by atoms with Crippen LogP contribution in [0, 0.1) is 0 Å². The lowest BCUT2D eigenvalue weighted by molar-refractivity contribution is -0.141. The molecule has 0 aliphatic heterocycles. The van der Waals surface area contributed by atoms with Crippen molar-refractivity contribution in [2.45, 2.75) is 39.1 Å². The molecule has 2 aromatic rings. The van der Waals surface area contributed by atoms with Crippen LogP contribution in [0.1, 0.15) is 42.4 Å². The molecule has 2 rings (SSSR count). The van der Waals surface area contributed by atoms with Gasteiger partial charge in [0.15, 0.2) is 0 Å². The van der Waals surface area contributed by atoms with Crippen molar-refractivity contribution in [2.24, 2.45) is 5.73 Å². The normalized spacial score (nSPS) is 11.6. The predicted octanol–water partition coefficient (Wildman–Crippen LogP) is 3.61. The van der Waals surface area contributed by atoms with Crippen molar-refractivity contribution in [1.82, 2.24) is 15.6 Å². The minimum Gasteiger partial charge on any atom is -0.444 e. The maximum Gasteiger partial charge on any atom is 0.433 e. The zero-order chi connectivity index (χ0) is 23.9. The second-order valence-corrected chi connectivity index (χ2v) is 7.73. The first kappa shape index (κ1) is 24.9. The van der Waals surface area contributed by atoms with Gasteiger partial charge in [-0.3, -0.25) is 4.79 Å². The number of nitrogens with zero attached hydrogens (tertiary/aromatic N) is 1. The molecule has 0 unspecified atom stereocenters. The molecular weight excluding hydrogens is 429 g/mol. The highest BCUT2D eigenvalue weighted by Crippen LogP contribution is 2.31. The van der Waals surface area contributed by atoms with Crippen LogP contribution in [0.5, 0.6) is 11.6 Å². The van der Waals surface area contributed by atoms with Gasteiger partial charge in [-0.2, -0.15) is 13.2 Å². The standard InChI is InChI=1S/C21H25F3N4O4/c1-20(2,3)32-19(30)27-12-13-9-16(21(22,23)24)28-17(10-13)31-15-6-4-5-14(11-15)18(29)26-8-7-25/h4-6,9-11H,7-8,12,25H2,1-3H3,(H,26,29)(H,27,30). The minimum absolute atomic E-state index is 0.102. The molecule has 0 saturated carbocycles. The highest BCUT2D eigenvalue weighted by atomic mass is 19.4. The van der Waals surface area contributed by atoms with Crippen LogP contribution >= 0.6 is 0 Å². The van der Waals surface area contributed by atoms with Crippen molar-refractivity contribution in [3.05, 3.63) is 53.2 Å². The average molecular weight is 454 g/mol. The number of benzene rings is 1. The van der Waals surface area contributed by atoms with Crippen LogP contribution < -0.4 is 21.1 Å². The molecule has 0 fully saturated rings. The summed E-state index contributed by atoms with van der Waals surface area (Å²) in [7, 11) is 0. The Balaban J connectivity index is 2.23. The van der Waals surface area contributed by atoms with Gasteiger partial charge in [0.05, 0.1) is 0 Å². The van der Waals surface area contributed by atoms with Gasteiger partial charge in [-0.15, -0.1) is 0 Å². The number of aromatic nitrogens is 1. The third-order valence-electron chi connectivity index (χ3n) is 3.74. The number of pyridine rings is 1. The lowest BCUT2D eigenvalue weighted by Gasteiger charge is -2.20. The Morgan fingerprint density at radius 1 is 1.09 bits per heavy atom. The first-order valence-electron chi connectivity index (χ1n) is 9.68. The van der Waals surface area contributed by atoms with Crippen molar-refractivity contribution >= 4 is 12.0 Å². The number of alkyl halides is 3.